The zero-order valence-electron chi connectivity index (χ0n) is 10.8. The van der Waals surface area contributed by atoms with Crippen LogP contribution in [0.3, 0.4) is 0 Å². The Bertz CT molecular complexity index is 646. The maximum atomic E-state index is 9.07. The Kier molecular flexibility index (Phi) is 3.53. The number of benzene rings is 1. The molecule has 0 saturated carbocycles. The Labute approximate surface area is 111 Å². The largest absolute Gasteiger partial charge is 0.497 e. The van der Waals surface area contributed by atoms with Crippen molar-refractivity contribution in [2.24, 2.45) is 0 Å². The maximum absolute atomic E-state index is 9.07. The molecule has 1 aromatic heterocycles. The van der Waals surface area contributed by atoms with Crippen LogP contribution in [0.5, 0.6) is 5.75 Å². The van der Waals surface area contributed by atoms with Gasteiger partial charge in [-0.3, -0.25) is 0 Å². The van der Waals surface area contributed by atoms with E-state index in [9.17, 15) is 0 Å². The van der Waals surface area contributed by atoms with Gasteiger partial charge in [-0.25, -0.2) is 4.98 Å². The lowest BCUT2D eigenvalue weighted by molar-refractivity contribution is 0.414. The maximum Gasteiger partial charge on any atom is 0.148 e. The Morgan fingerprint density at radius 1 is 1.37 bits per heavy atom. The molecule has 1 aromatic carbocycles. The molecule has 2 aromatic rings. The molecule has 0 saturated heterocycles. The van der Waals surface area contributed by atoms with Crippen LogP contribution in [-0.2, 0) is 0 Å². The van der Waals surface area contributed by atoms with Gasteiger partial charge in [0.1, 0.15) is 17.6 Å². The number of nitrogen functional groups attached to an aromatic ring is 1. The molecule has 96 valence electrons. The predicted octanol–water partition coefficient (Wildman–Crippen LogP) is 2.60. The number of nitrogens with one attached hydrogen (secondary N) is 1. The summed E-state index contributed by atoms with van der Waals surface area (Å²) in [5.41, 5.74) is 8.36. The number of methoxy groups -OCH3 is 1. The van der Waals surface area contributed by atoms with E-state index in [0.29, 0.717) is 17.1 Å². The summed E-state index contributed by atoms with van der Waals surface area (Å²) in [4.78, 5) is 4.14. The molecule has 19 heavy (non-hydrogen) atoms. The van der Waals surface area contributed by atoms with Crippen molar-refractivity contribution in [3.63, 3.8) is 0 Å². The van der Waals surface area contributed by atoms with Crippen LogP contribution in [0.1, 0.15) is 11.1 Å². The smallest absolute Gasteiger partial charge is 0.148 e. The van der Waals surface area contributed by atoms with Crippen LogP contribution in [-0.4, -0.2) is 12.1 Å². The summed E-state index contributed by atoms with van der Waals surface area (Å²) in [6.45, 7) is 1.95. The third-order valence-corrected chi connectivity index (χ3v) is 2.72. The average Bonchev–Trinajstić information content (AvgIpc) is 2.42. The molecule has 0 bridgehead atoms. The van der Waals surface area contributed by atoms with Gasteiger partial charge >= 0.3 is 0 Å². The van der Waals surface area contributed by atoms with Gasteiger partial charge in [-0.05, 0) is 36.8 Å². The van der Waals surface area contributed by atoms with Crippen molar-refractivity contribution < 1.29 is 4.74 Å². The standard InChI is InChI=1S/C14H14N4O/c1-9-5-12(19-2)3-4-13(9)18-14-10(7-15)6-11(16)8-17-14/h3-6,8H,16H2,1-2H3,(H,17,18). The average molecular weight is 254 g/mol. The summed E-state index contributed by atoms with van der Waals surface area (Å²) >= 11 is 0. The summed E-state index contributed by atoms with van der Waals surface area (Å²) in [7, 11) is 1.62. The lowest BCUT2D eigenvalue weighted by Gasteiger charge is -2.11. The van der Waals surface area contributed by atoms with Gasteiger partial charge in [0.25, 0.3) is 0 Å². The first-order valence-electron chi connectivity index (χ1n) is 5.71. The number of hydrogen-bond donors (Lipinski definition) is 2. The number of nitrogens with zero attached hydrogens (tertiary/aromatic N) is 2. The minimum absolute atomic E-state index is 0.412. The van der Waals surface area contributed by atoms with Gasteiger partial charge < -0.3 is 15.8 Å². The SMILES string of the molecule is COc1ccc(Nc2ncc(N)cc2C#N)c(C)c1. The fourth-order valence-corrected chi connectivity index (χ4v) is 1.70. The van der Waals surface area contributed by atoms with Crippen LogP contribution in [0, 0.1) is 18.3 Å². The normalized spacial score (nSPS) is 9.74. The number of anilines is 3. The number of nitriles is 1. The third-order valence-electron chi connectivity index (χ3n) is 2.72. The number of pyridine rings is 1. The molecule has 0 aliphatic heterocycles. The van der Waals surface area contributed by atoms with Crippen molar-refractivity contribution in [2.45, 2.75) is 6.92 Å². The van der Waals surface area contributed by atoms with Crippen molar-refractivity contribution in [3.8, 4) is 11.8 Å². The highest BCUT2D eigenvalue weighted by Crippen LogP contribution is 2.25. The van der Waals surface area contributed by atoms with Crippen molar-refractivity contribution in [1.82, 2.24) is 4.98 Å². The van der Waals surface area contributed by atoms with E-state index in [1.165, 1.54) is 6.20 Å². The number of nitrogens with two attached hydrogens (primary N) is 1. The van der Waals surface area contributed by atoms with Crippen molar-refractivity contribution >= 4 is 17.2 Å². The van der Waals surface area contributed by atoms with E-state index in [1.807, 2.05) is 25.1 Å². The molecular weight excluding hydrogens is 240 g/mol. The van der Waals surface area contributed by atoms with Gasteiger partial charge in [-0.1, -0.05) is 0 Å². The minimum Gasteiger partial charge on any atom is -0.497 e. The molecule has 3 N–H and O–H groups in total. The second kappa shape index (κ2) is 5.27. The fourth-order valence-electron chi connectivity index (χ4n) is 1.70. The zero-order valence-corrected chi connectivity index (χ0v) is 10.8. The first kappa shape index (κ1) is 12.7. The van der Waals surface area contributed by atoms with E-state index in [2.05, 4.69) is 16.4 Å². The van der Waals surface area contributed by atoms with E-state index < -0.39 is 0 Å². The lowest BCUT2D eigenvalue weighted by atomic mass is 10.2. The van der Waals surface area contributed by atoms with Crippen LogP contribution in [0.15, 0.2) is 30.5 Å². The lowest BCUT2D eigenvalue weighted by Crippen LogP contribution is -2.00. The molecular formula is C14H14N4O. The second-order valence-corrected chi connectivity index (χ2v) is 4.08. The molecule has 5 heteroatoms. The van der Waals surface area contributed by atoms with Crippen molar-refractivity contribution in [1.29, 1.82) is 5.26 Å². The van der Waals surface area contributed by atoms with Gasteiger partial charge in [0.15, 0.2) is 0 Å². The van der Waals surface area contributed by atoms with Crippen LogP contribution in [0.4, 0.5) is 17.2 Å². The quantitative estimate of drug-likeness (QED) is 0.879. The van der Waals surface area contributed by atoms with E-state index >= 15 is 0 Å². The molecule has 1 heterocycles. The summed E-state index contributed by atoms with van der Waals surface area (Å²) in [5.74, 6) is 1.28. The number of aromatic nitrogens is 1. The van der Waals surface area contributed by atoms with Crippen molar-refractivity contribution in [2.75, 3.05) is 18.2 Å². The van der Waals surface area contributed by atoms with E-state index in [-0.39, 0.29) is 0 Å². The van der Waals surface area contributed by atoms with Crippen LogP contribution < -0.4 is 15.8 Å². The zero-order chi connectivity index (χ0) is 13.8. The van der Waals surface area contributed by atoms with E-state index in [1.54, 1.807) is 13.2 Å². The first-order chi connectivity index (χ1) is 9.13. The number of hydrogen-bond acceptors (Lipinski definition) is 5. The summed E-state index contributed by atoms with van der Waals surface area (Å²) in [5, 5.41) is 12.2. The van der Waals surface area contributed by atoms with Gasteiger partial charge in [0, 0.05) is 5.69 Å². The Hall–Kier alpha value is -2.74. The predicted molar refractivity (Wildman–Crippen MR) is 74.4 cm³/mol. The summed E-state index contributed by atoms with van der Waals surface area (Å²) < 4.78 is 5.15. The molecule has 0 spiro atoms. The van der Waals surface area contributed by atoms with Crippen molar-refractivity contribution in [3.05, 3.63) is 41.6 Å². The molecule has 0 unspecified atom stereocenters. The Balaban J connectivity index is 2.34. The fraction of sp³-hybridized carbons (Fsp3) is 0.143. The Morgan fingerprint density at radius 3 is 2.79 bits per heavy atom. The summed E-state index contributed by atoms with van der Waals surface area (Å²) in [6.07, 6.45) is 1.52. The topological polar surface area (TPSA) is 84.0 Å². The number of aryl methyl sites for hydroxylation is 1. The van der Waals surface area contributed by atoms with E-state index in [0.717, 1.165) is 17.0 Å². The highest BCUT2D eigenvalue weighted by Gasteiger charge is 2.07. The van der Waals surface area contributed by atoms with Crippen LogP contribution >= 0.6 is 0 Å². The van der Waals surface area contributed by atoms with Crippen LogP contribution in [0.25, 0.3) is 0 Å². The molecule has 5 nitrogen and oxygen atoms in total. The summed E-state index contributed by atoms with van der Waals surface area (Å²) in [6, 6.07) is 9.30. The van der Waals surface area contributed by atoms with Crippen LogP contribution in [0.2, 0.25) is 0 Å². The van der Waals surface area contributed by atoms with Gasteiger partial charge in [-0.15, -0.1) is 0 Å². The molecule has 0 aliphatic rings. The van der Waals surface area contributed by atoms with Gasteiger partial charge in [0.05, 0.1) is 24.6 Å². The molecule has 0 atom stereocenters. The van der Waals surface area contributed by atoms with E-state index in [4.69, 9.17) is 15.7 Å². The molecule has 0 radical (unpaired) electrons. The molecule has 0 fully saturated rings. The highest BCUT2D eigenvalue weighted by molar-refractivity contribution is 5.67. The first-order valence-corrected chi connectivity index (χ1v) is 5.71. The van der Waals surface area contributed by atoms with Gasteiger partial charge in [0.2, 0.25) is 0 Å². The Morgan fingerprint density at radius 2 is 2.16 bits per heavy atom. The second-order valence-electron chi connectivity index (χ2n) is 4.08. The molecule has 0 amide bonds. The molecule has 0 aliphatic carbocycles. The highest BCUT2D eigenvalue weighted by atomic mass is 16.5. The minimum atomic E-state index is 0.412. The number of ether oxygens (including phenoxy) is 1. The molecule has 2 rings (SSSR count). The monoisotopic (exact) mass is 254 g/mol. The van der Waals surface area contributed by atoms with Gasteiger partial charge in [-0.2, -0.15) is 5.26 Å². The third kappa shape index (κ3) is 2.75. The number of rotatable bonds is 3.